The Kier molecular flexibility index (Phi) is 15.8. The SMILES string of the molecule is O=C(C[C@@H]1CCN(c2nc3ccccc3s2)C1)Nc1ccc2cc1CCc1cncc(c1)Nc1ncc(Cl)c(n1)N2.O=C(O)C(F)(F)F.O=C(O)C(F)(F)F.O=C(O)C(F)(F)F. The molecule has 0 saturated carbocycles. The maximum Gasteiger partial charge on any atom is 0.490 e. The summed E-state index contributed by atoms with van der Waals surface area (Å²) in [5, 5.41) is 32.5. The van der Waals surface area contributed by atoms with Crippen molar-refractivity contribution in [3.05, 3.63) is 83.3 Å². The highest BCUT2D eigenvalue weighted by Gasteiger charge is 2.39. The van der Waals surface area contributed by atoms with E-state index in [0.717, 1.165) is 71.2 Å². The number of alkyl halides is 9. The summed E-state index contributed by atoms with van der Waals surface area (Å²) in [5.74, 6) is -7.05. The maximum absolute atomic E-state index is 13.2. The fraction of sp³-hybridized carbons (Fsp3) is 0.278. The third kappa shape index (κ3) is 14.6. The molecular weight excluding hydrogens is 895 g/mol. The number of aromatic nitrogens is 4. The van der Waals surface area contributed by atoms with Crippen LogP contribution in [0.1, 0.15) is 24.0 Å². The molecule has 1 amide bonds. The first-order valence-electron chi connectivity index (χ1n) is 17.3. The number of aryl methyl sites for hydroxylation is 2. The smallest absolute Gasteiger partial charge is 0.475 e. The molecule has 15 nitrogen and oxygen atoms in total. The summed E-state index contributed by atoms with van der Waals surface area (Å²) in [6.07, 6.45) is -7.17. The molecule has 7 rings (SSSR count). The van der Waals surface area contributed by atoms with Crippen LogP contribution in [-0.4, -0.2) is 90.7 Å². The minimum atomic E-state index is -5.08. The van der Waals surface area contributed by atoms with E-state index in [4.69, 9.17) is 46.3 Å². The van der Waals surface area contributed by atoms with Crippen molar-refractivity contribution in [1.82, 2.24) is 19.9 Å². The second-order valence-electron chi connectivity index (χ2n) is 12.8. The Hall–Kier alpha value is -6.50. The van der Waals surface area contributed by atoms with Gasteiger partial charge in [-0.2, -0.15) is 44.5 Å². The number of nitrogens with one attached hydrogen (secondary N) is 3. The Morgan fingerprint density at radius 3 is 2.05 bits per heavy atom. The maximum atomic E-state index is 13.2. The fourth-order valence-corrected chi connectivity index (χ4v) is 6.52. The average molecular weight is 925 g/mol. The molecule has 0 aliphatic carbocycles. The third-order valence-electron chi connectivity index (χ3n) is 8.16. The van der Waals surface area contributed by atoms with Gasteiger partial charge in [0, 0.05) is 37.1 Å². The molecule has 2 aliphatic heterocycles. The van der Waals surface area contributed by atoms with Crippen LogP contribution in [0, 0.1) is 5.92 Å². The number of nitrogens with zero attached hydrogens (tertiary/aromatic N) is 5. The number of amides is 1. The first-order valence-corrected chi connectivity index (χ1v) is 18.5. The number of aliphatic carboxylic acids is 3. The normalized spacial score (nSPS) is 14.5. The van der Waals surface area contributed by atoms with Crippen LogP contribution in [0.4, 0.5) is 73.5 Å². The number of rotatable bonds is 4. The number of carbonyl (C=O) groups excluding carboxylic acids is 1. The Bertz CT molecular complexity index is 2310. The minimum Gasteiger partial charge on any atom is -0.475 e. The van der Waals surface area contributed by atoms with Gasteiger partial charge in [0.2, 0.25) is 11.9 Å². The number of pyridine rings is 1. The number of carboxylic acids is 3. The molecule has 5 aromatic rings. The molecule has 0 unspecified atom stereocenters. The largest absolute Gasteiger partial charge is 0.490 e. The van der Waals surface area contributed by atoms with Gasteiger partial charge >= 0.3 is 36.4 Å². The van der Waals surface area contributed by atoms with Gasteiger partial charge in [-0.1, -0.05) is 35.1 Å². The number of benzene rings is 2. The molecule has 26 heteroatoms. The summed E-state index contributed by atoms with van der Waals surface area (Å²) in [5.41, 5.74) is 5.56. The van der Waals surface area contributed by atoms with E-state index in [-0.39, 0.29) is 11.8 Å². The molecule has 1 fully saturated rings. The van der Waals surface area contributed by atoms with Gasteiger partial charge in [-0.3, -0.25) is 9.78 Å². The topological polar surface area (TPSA) is 220 Å². The van der Waals surface area contributed by atoms with Gasteiger partial charge < -0.3 is 36.2 Å². The van der Waals surface area contributed by atoms with Crippen molar-refractivity contribution >= 4 is 90.9 Å². The van der Waals surface area contributed by atoms with Gasteiger partial charge in [0.25, 0.3) is 0 Å². The van der Waals surface area contributed by atoms with Crippen molar-refractivity contribution in [2.45, 2.75) is 44.2 Å². The predicted molar refractivity (Wildman–Crippen MR) is 206 cm³/mol. The van der Waals surface area contributed by atoms with Crippen LogP contribution in [0.15, 0.2) is 67.1 Å². The lowest BCUT2D eigenvalue weighted by molar-refractivity contribution is -0.193. The van der Waals surface area contributed by atoms with Crippen molar-refractivity contribution in [2.75, 3.05) is 33.9 Å². The van der Waals surface area contributed by atoms with Gasteiger partial charge in [0.05, 0.1) is 28.3 Å². The molecule has 1 atom stereocenters. The predicted octanol–water partition coefficient (Wildman–Crippen LogP) is 8.48. The second-order valence-corrected chi connectivity index (χ2v) is 14.2. The summed E-state index contributed by atoms with van der Waals surface area (Å²) in [7, 11) is 0. The molecule has 332 valence electrons. The van der Waals surface area contributed by atoms with Crippen LogP contribution >= 0.6 is 22.9 Å². The van der Waals surface area contributed by atoms with Crippen LogP contribution in [0.2, 0.25) is 5.02 Å². The number of carbonyl (C=O) groups is 4. The summed E-state index contributed by atoms with van der Waals surface area (Å²) >= 11 is 8.11. The zero-order valence-corrected chi connectivity index (χ0v) is 32.6. The third-order valence-corrected chi connectivity index (χ3v) is 9.53. The quantitative estimate of drug-likeness (QED) is 0.0932. The molecule has 6 N–H and O–H groups in total. The molecule has 6 bridgehead atoms. The minimum absolute atomic E-state index is 0.0253. The van der Waals surface area contributed by atoms with Gasteiger partial charge in [-0.05, 0) is 72.7 Å². The Labute approximate surface area is 351 Å². The zero-order chi connectivity index (χ0) is 46.0. The molecule has 62 heavy (non-hydrogen) atoms. The molecular formula is C36H30ClF9N8O7S. The number of thiazole rings is 1. The van der Waals surface area contributed by atoms with E-state index in [1.807, 2.05) is 48.7 Å². The number of fused-ring (bicyclic) bond motifs is 7. The second kappa shape index (κ2) is 20.4. The van der Waals surface area contributed by atoms with E-state index in [2.05, 4.69) is 41.9 Å². The molecule has 0 radical (unpaired) electrons. The van der Waals surface area contributed by atoms with Crippen LogP contribution < -0.4 is 20.9 Å². The molecule has 0 spiro atoms. The average Bonchev–Trinajstić information content (AvgIpc) is 3.83. The van der Waals surface area contributed by atoms with E-state index >= 15 is 0 Å². The first-order chi connectivity index (χ1) is 28.9. The zero-order valence-electron chi connectivity index (χ0n) is 31.1. The van der Waals surface area contributed by atoms with Crippen LogP contribution in [0.5, 0.6) is 0 Å². The first kappa shape index (κ1) is 48.2. The summed E-state index contributed by atoms with van der Waals surface area (Å²) in [6.45, 7) is 1.75. The van der Waals surface area contributed by atoms with Gasteiger partial charge in [0.1, 0.15) is 5.02 Å². The monoisotopic (exact) mass is 924 g/mol. The Morgan fingerprint density at radius 1 is 0.806 bits per heavy atom. The van der Waals surface area contributed by atoms with Crippen molar-refractivity contribution in [3.63, 3.8) is 0 Å². The van der Waals surface area contributed by atoms with Crippen molar-refractivity contribution < 1.29 is 74.0 Å². The summed E-state index contributed by atoms with van der Waals surface area (Å²) in [4.78, 5) is 60.2. The van der Waals surface area contributed by atoms with E-state index in [1.54, 1.807) is 23.7 Å². The van der Waals surface area contributed by atoms with Gasteiger partial charge in [0.15, 0.2) is 10.9 Å². The number of hydrogen-bond acceptors (Lipinski definition) is 12. The number of hydrogen-bond donors (Lipinski definition) is 6. The van der Waals surface area contributed by atoms with Crippen LogP contribution in [-0.2, 0) is 32.0 Å². The van der Waals surface area contributed by atoms with Crippen molar-refractivity contribution in [3.8, 4) is 0 Å². The fourth-order valence-electron chi connectivity index (χ4n) is 5.38. The van der Waals surface area contributed by atoms with Crippen LogP contribution in [0.25, 0.3) is 10.2 Å². The highest BCUT2D eigenvalue weighted by Crippen LogP contribution is 2.34. The Balaban J connectivity index is 0.000000333. The summed E-state index contributed by atoms with van der Waals surface area (Å²) < 4.78 is 96.4. The lowest BCUT2D eigenvalue weighted by Gasteiger charge is -2.16. The number of halogens is 10. The van der Waals surface area contributed by atoms with E-state index in [0.29, 0.717) is 23.2 Å². The van der Waals surface area contributed by atoms with Gasteiger partial charge in [-0.15, -0.1) is 0 Å². The highest BCUT2D eigenvalue weighted by atomic mass is 35.5. The van der Waals surface area contributed by atoms with E-state index in [9.17, 15) is 44.3 Å². The molecule has 2 aliphatic rings. The number of anilines is 6. The highest BCUT2D eigenvalue weighted by molar-refractivity contribution is 7.22. The Morgan fingerprint density at radius 2 is 1.44 bits per heavy atom. The van der Waals surface area contributed by atoms with E-state index in [1.165, 1.54) is 4.70 Å². The molecule has 1 saturated heterocycles. The van der Waals surface area contributed by atoms with Crippen LogP contribution in [0.3, 0.4) is 0 Å². The standard InChI is InChI=1S/C30H27ClN8OS.3C2HF3O2/c31-23-16-33-29-35-22-11-18(14-32-15-22)5-6-20-13-21(34-28(23)38-29)7-8-24(20)36-27(40)12-19-9-10-39(17-19)30-37-25-3-1-2-4-26(25)41-30;3*3-2(4,5)1(6)7/h1-4,7-8,11,13-16,19H,5-6,9-10,12,17H2,(H,36,40)(H2,33,34,35,38);3*(H,6,7)/t19-;;;/m0.../s1. The summed E-state index contributed by atoms with van der Waals surface area (Å²) in [6, 6.07) is 16.2. The molecule has 5 heterocycles. The van der Waals surface area contributed by atoms with Gasteiger partial charge in [-0.25, -0.2) is 24.4 Å². The number of para-hydroxylation sites is 1. The number of carboxylic acid groups (broad SMARTS) is 3. The lowest BCUT2D eigenvalue weighted by atomic mass is 10.0. The molecule has 2 aromatic carbocycles. The van der Waals surface area contributed by atoms with Crippen molar-refractivity contribution in [2.24, 2.45) is 5.92 Å². The van der Waals surface area contributed by atoms with E-state index < -0.39 is 36.4 Å². The molecule has 3 aromatic heterocycles. The van der Waals surface area contributed by atoms with Crippen molar-refractivity contribution in [1.29, 1.82) is 0 Å². The lowest BCUT2D eigenvalue weighted by Crippen LogP contribution is -2.22.